The summed E-state index contributed by atoms with van der Waals surface area (Å²) in [5, 5.41) is 13.9. The molecule has 0 fully saturated rings. The number of hydrogen-bond acceptors (Lipinski definition) is 3. The minimum absolute atomic E-state index is 0.455. The van der Waals surface area contributed by atoms with Gasteiger partial charge in [-0.25, -0.2) is 0 Å². The van der Waals surface area contributed by atoms with Gasteiger partial charge in [0, 0.05) is 0 Å². The van der Waals surface area contributed by atoms with Gasteiger partial charge in [0.05, 0.1) is 11.8 Å². The Hall–Kier alpha value is -1.78. The van der Waals surface area contributed by atoms with E-state index in [1.54, 1.807) is 12.1 Å². The van der Waals surface area contributed by atoms with Gasteiger partial charge in [0.25, 0.3) is 0 Å². The maximum atomic E-state index is 10.4. The molecule has 1 aromatic rings. The SMILES string of the molecule is CCOc1ccc(NN=[N+](C)[O-])cc1. The number of nitrogens with zero attached hydrogens (tertiary/aromatic N) is 2. The lowest BCUT2D eigenvalue weighted by Gasteiger charge is -2.02. The molecule has 0 spiro atoms. The number of ether oxygens (including phenoxy) is 1. The monoisotopic (exact) mass is 195 g/mol. The molecule has 5 heteroatoms. The first-order valence-electron chi connectivity index (χ1n) is 4.32. The van der Waals surface area contributed by atoms with Crippen molar-refractivity contribution in [2.45, 2.75) is 6.92 Å². The predicted molar refractivity (Wildman–Crippen MR) is 53.2 cm³/mol. The van der Waals surface area contributed by atoms with E-state index in [2.05, 4.69) is 10.6 Å². The summed E-state index contributed by atoms with van der Waals surface area (Å²) < 4.78 is 5.26. The molecule has 0 amide bonds. The van der Waals surface area contributed by atoms with Crippen LogP contribution in [-0.4, -0.2) is 18.5 Å². The molecular weight excluding hydrogens is 182 g/mol. The molecule has 1 aromatic carbocycles. The van der Waals surface area contributed by atoms with Gasteiger partial charge >= 0.3 is 0 Å². The lowest BCUT2D eigenvalue weighted by Crippen LogP contribution is -1.97. The Morgan fingerprint density at radius 3 is 2.57 bits per heavy atom. The van der Waals surface area contributed by atoms with Crippen LogP contribution in [-0.2, 0) is 0 Å². The summed E-state index contributed by atoms with van der Waals surface area (Å²) in [6.45, 7) is 2.56. The maximum absolute atomic E-state index is 10.4. The van der Waals surface area contributed by atoms with Gasteiger partial charge in [0.15, 0.2) is 0 Å². The first-order chi connectivity index (χ1) is 6.72. The average molecular weight is 195 g/mol. The molecule has 5 nitrogen and oxygen atoms in total. The van der Waals surface area contributed by atoms with Gasteiger partial charge in [0.2, 0.25) is 0 Å². The van der Waals surface area contributed by atoms with Gasteiger partial charge in [0.1, 0.15) is 18.5 Å². The number of nitrogens with one attached hydrogen (secondary N) is 1. The zero-order valence-corrected chi connectivity index (χ0v) is 8.23. The van der Waals surface area contributed by atoms with Crippen LogP contribution in [0.2, 0.25) is 0 Å². The molecular formula is C9H13N3O2. The molecule has 0 radical (unpaired) electrons. The van der Waals surface area contributed by atoms with Crippen molar-refractivity contribution >= 4 is 5.69 Å². The second-order valence-corrected chi connectivity index (χ2v) is 2.63. The van der Waals surface area contributed by atoms with E-state index in [9.17, 15) is 5.21 Å². The fourth-order valence-corrected chi connectivity index (χ4v) is 0.921. The molecule has 0 unspecified atom stereocenters. The Bertz CT molecular complexity index is 304. The summed E-state index contributed by atoms with van der Waals surface area (Å²) in [6, 6.07) is 7.20. The summed E-state index contributed by atoms with van der Waals surface area (Å²) in [5.41, 5.74) is 3.34. The van der Waals surface area contributed by atoms with Gasteiger partial charge in [-0.1, -0.05) is 0 Å². The van der Waals surface area contributed by atoms with Crippen molar-refractivity contribution in [3.05, 3.63) is 29.5 Å². The summed E-state index contributed by atoms with van der Waals surface area (Å²) >= 11 is 0. The molecule has 0 saturated heterocycles. The van der Waals surface area contributed by atoms with E-state index >= 15 is 0 Å². The van der Waals surface area contributed by atoms with Crippen LogP contribution >= 0.6 is 0 Å². The molecule has 0 aliphatic carbocycles. The number of hydrogen-bond donors (Lipinski definition) is 1. The van der Waals surface area contributed by atoms with E-state index in [1.165, 1.54) is 7.05 Å². The first-order valence-corrected chi connectivity index (χ1v) is 4.32. The third kappa shape index (κ3) is 3.30. The van der Waals surface area contributed by atoms with Crippen LogP contribution in [0.15, 0.2) is 29.5 Å². The quantitative estimate of drug-likeness (QED) is 0.454. The maximum Gasteiger partial charge on any atom is 0.147 e. The molecule has 0 aliphatic heterocycles. The zero-order chi connectivity index (χ0) is 10.4. The van der Waals surface area contributed by atoms with Crippen molar-refractivity contribution < 1.29 is 9.60 Å². The van der Waals surface area contributed by atoms with Crippen LogP contribution in [0, 0.1) is 5.21 Å². The van der Waals surface area contributed by atoms with Crippen LogP contribution in [0.1, 0.15) is 6.92 Å². The van der Waals surface area contributed by atoms with E-state index in [4.69, 9.17) is 4.74 Å². The number of anilines is 1. The summed E-state index contributed by atoms with van der Waals surface area (Å²) in [6.07, 6.45) is 0. The molecule has 76 valence electrons. The van der Waals surface area contributed by atoms with Gasteiger partial charge in [-0.05, 0) is 31.2 Å². The zero-order valence-electron chi connectivity index (χ0n) is 8.23. The van der Waals surface area contributed by atoms with Crippen molar-refractivity contribution in [2.24, 2.45) is 5.22 Å². The van der Waals surface area contributed by atoms with E-state index in [0.29, 0.717) is 11.5 Å². The Morgan fingerprint density at radius 1 is 1.43 bits per heavy atom. The lowest BCUT2D eigenvalue weighted by molar-refractivity contribution is -0.497. The fourth-order valence-electron chi connectivity index (χ4n) is 0.921. The Kier molecular flexibility index (Phi) is 3.72. The van der Waals surface area contributed by atoms with Gasteiger partial charge < -0.3 is 9.94 Å². The summed E-state index contributed by atoms with van der Waals surface area (Å²) in [4.78, 5) is 0.455. The molecule has 0 aromatic heterocycles. The predicted octanol–water partition coefficient (Wildman–Crippen LogP) is 2.00. The highest BCUT2D eigenvalue weighted by Crippen LogP contribution is 2.15. The van der Waals surface area contributed by atoms with Crippen LogP contribution in [0.25, 0.3) is 0 Å². The molecule has 0 saturated carbocycles. The molecule has 14 heavy (non-hydrogen) atoms. The van der Waals surface area contributed by atoms with Crippen molar-refractivity contribution in [3.63, 3.8) is 0 Å². The molecule has 0 aliphatic rings. The Morgan fingerprint density at radius 2 is 2.07 bits per heavy atom. The third-order valence-electron chi connectivity index (χ3n) is 1.49. The van der Waals surface area contributed by atoms with Crippen LogP contribution < -0.4 is 10.2 Å². The summed E-state index contributed by atoms with van der Waals surface area (Å²) in [7, 11) is 1.31. The average Bonchev–Trinajstić information content (AvgIpc) is 2.17. The highest BCUT2D eigenvalue weighted by Gasteiger charge is 1.96. The second-order valence-electron chi connectivity index (χ2n) is 2.63. The minimum Gasteiger partial charge on any atom is -0.696 e. The van der Waals surface area contributed by atoms with Crippen LogP contribution in [0.5, 0.6) is 5.75 Å². The van der Waals surface area contributed by atoms with E-state index < -0.39 is 0 Å². The largest absolute Gasteiger partial charge is 0.696 e. The molecule has 1 rings (SSSR count). The van der Waals surface area contributed by atoms with Crippen molar-refractivity contribution in [3.8, 4) is 5.75 Å². The summed E-state index contributed by atoms with van der Waals surface area (Å²) in [5.74, 6) is 0.800. The number of rotatable bonds is 4. The number of benzene rings is 1. The normalized spacial score (nSPS) is 11.1. The van der Waals surface area contributed by atoms with Gasteiger partial charge in [-0.2, -0.15) is 4.86 Å². The molecule has 1 N–H and O–H groups in total. The Balaban J connectivity index is 2.59. The lowest BCUT2D eigenvalue weighted by atomic mass is 10.3. The van der Waals surface area contributed by atoms with Crippen molar-refractivity contribution in [1.29, 1.82) is 0 Å². The van der Waals surface area contributed by atoms with Gasteiger partial charge in [-0.15, -0.1) is 5.43 Å². The highest BCUT2D eigenvalue weighted by molar-refractivity contribution is 5.45. The fraction of sp³-hybridized carbons (Fsp3) is 0.333. The first kappa shape index (κ1) is 10.3. The van der Waals surface area contributed by atoms with E-state index in [0.717, 1.165) is 11.4 Å². The standard InChI is InChI=1S/C9H13N3O2/c1-3-14-9-6-4-8(5-7-9)10-11-12(2)13/h4-7,10H,3H2,1-2H3. The molecule has 0 bridgehead atoms. The smallest absolute Gasteiger partial charge is 0.147 e. The van der Waals surface area contributed by atoms with E-state index in [1.807, 2.05) is 19.1 Å². The topological polar surface area (TPSA) is 59.7 Å². The minimum atomic E-state index is 0.455. The Labute approximate surface area is 82.6 Å². The van der Waals surface area contributed by atoms with E-state index in [-0.39, 0.29) is 0 Å². The second kappa shape index (κ2) is 5.06. The van der Waals surface area contributed by atoms with Gasteiger partial charge in [-0.3, -0.25) is 0 Å². The molecule has 0 atom stereocenters. The van der Waals surface area contributed by atoms with Crippen LogP contribution in [0.4, 0.5) is 5.69 Å². The highest BCUT2D eigenvalue weighted by atomic mass is 16.5. The van der Waals surface area contributed by atoms with Crippen molar-refractivity contribution in [1.82, 2.24) is 0 Å². The third-order valence-corrected chi connectivity index (χ3v) is 1.49. The molecule has 0 heterocycles. The van der Waals surface area contributed by atoms with Crippen molar-refractivity contribution in [2.75, 3.05) is 19.1 Å². The van der Waals surface area contributed by atoms with Crippen LogP contribution in [0.3, 0.4) is 0 Å². The number of hydroxylamine groups is 1.